The number of hydrogen-bond donors (Lipinski definition) is 1. The molecule has 1 N–H and O–H groups in total. The van der Waals surface area contributed by atoms with Crippen molar-refractivity contribution >= 4 is 33.2 Å². The van der Waals surface area contributed by atoms with Crippen molar-refractivity contribution < 1.29 is 13.2 Å². The highest BCUT2D eigenvalue weighted by Crippen LogP contribution is 2.29. The van der Waals surface area contributed by atoms with Gasteiger partial charge in [-0.05, 0) is 48.1 Å². The zero-order valence-corrected chi connectivity index (χ0v) is 18.8. The molecule has 0 heterocycles. The molecule has 29 heavy (non-hydrogen) atoms. The molecule has 0 radical (unpaired) electrons. The van der Waals surface area contributed by atoms with Crippen molar-refractivity contribution in [2.45, 2.75) is 39.0 Å². The molecule has 0 aliphatic heterocycles. The van der Waals surface area contributed by atoms with E-state index >= 15 is 0 Å². The van der Waals surface area contributed by atoms with E-state index in [2.05, 4.69) is 5.32 Å². The monoisotopic (exact) mass is 436 g/mol. The molecular formula is C22H29ClN2O3S. The minimum Gasteiger partial charge on any atom is -0.356 e. The molecule has 0 spiro atoms. The van der Waals surface area contributed by atoms with Crippen molar-refractivity contribution in [2.24, 2.45) is 0 Å². The van der Waals surface area contributed by atoms with E-state index in [1.165, 1.54) is 10.6 Å². The van der Waals surface area contributed by atoms with Crippen molar-refractivity contribution in [2.75, 3.05) is 23.7 Å². The maximum absolute atomic E-state index is 12.4. The van der Waals surface area contributed by atoms with Crippen LogP contribution in [0.4, 0.5) is 5.69 Å². The summed E-state index contributed by atoms with van der Waals surface area (Å²) < 4.78 is 26.1. The van der Waals surface area contributed by atoms with Crippen LogP contribution in [0.25, 0.3) is 0 Å². The van der Waals surface area contributed by atoms with Crippen LogP contribution in [-0.4, -0.2) is 33.7 Å². The Bertz CT molecular complexity index is 912. The number of hydrogen-bond acceptors (Lipinski definition) is 3. The highest BCUT2D eigenvalue weighted by Gasteiger charge is 2.21. The third kappa shape index (κ3) is 7.37. The van der Waals surface area contributed by atoms with E-state index in [9.17, 15) is 13.2 Å². The molecule has 0 saturated carbocycles. The fraction of sp³-hybridized carbons (Fsp3) is 0.409. The van der Waals surface area contributed by atoms with Crippen molar-refractivity contribution in [3.8, 4) is 0 Å². The van der Waals surface area contributed by atoms with Crippen LogP contribution < -0.4 is 9.62 Å². The van der Waals surface area contributed by atoms with Gasteiger partial charge in [-0.1, -0.05) is 55.8 Å². The molecule has 0 fully saturated rings. The first-order chi connectivity index (χ1) is 13.7. The number of nitrogens with zero attached hydrogens (tertiary/aromatic N) is 1. The van der Waals surface area contributed by atoms with E-state index in [0.717, 1.165) is 17.5 Å². The SMILES string of the molecule is CC(C)c1ccccc1N(CCCC(=O)NCCc1ccc(Cl)cc1)S(C)(=O)=O. The van der Waals surface area contributed by atoms with Crippen LogP contribution in [0.2, 0.25) is 5.02 Å². The number of sulfonamides is 1. The number of amides is 1. The molecule has 0 bridgehead atoms. The Balaban J connectivity index is 1.89. The van der Waals surface area contributed by atoms with Crippen LogP contribution in [0.3, 0.4) is 0 Å². The average Bonchev–Trinajstić information content (AvgIpc) is 2.66. The summed E-state index contributed by atoms with van der Waals surface area (Å²) in [4.78, 5) is 12.1. The Labute approximate surface area is 179 Å². The van der Waals surface area contributed by atoms with Crippen LogP contribution in [0.15, 0.2) is 48.5 Å². The van der Waals surface area contributed by atoms with Crippen molar-refractivity contribution in [3.05, 3.63) is 64.7 Å². The molecule has 0 aromatic heterocycles. The standard InChI is InChI=1S/C22H29ClN2O3S/c1-17(2)20-7-4-5-8-21(20)25(29(3,27)28)16-6-9-22(26)24-15-14-18-10-12-19(23)13-11-18/h4-5,7-8,10-13,17H,6,9,14-16H2,1-3H3,(H,24,26). The lowest BCUT2D eigenvalue weighted by Crippen LogP contribution is -2.33. The molecule has 0 saturated heterocycles. The van der Waals surface area contributed by atoms with Crippen LogP contribution in [-0.2, 0) is 21.2 Å². The third-order valence-corrected chi connectivity index (χ3v) is 6.07. The summed E-state index contributed by atoms with van der Waals surface area (Å²) in [5.74, 6) is 0.121. The molecular weight excluding hydrogens is 408 g/mol. The fourth-order valence-corrected chi connectivity index (χ4v) is 4.25. The van der Waals surface area contributed by atoms with Gasteiger partial charge >= 0.3 is 0 Å². The van der Waals surface area contributed by atoms with Crippen LogP contribution in [0.5, 0.6) is 0 Å². The highest BCUT2D eigenvalue weighted by atomic mass is 35.5. The lowest BCUT2D eigenvalue weighted by atomic mass is 10.0. The van der Waals surface area contributed by atoms with Crippen LogP contribution >= 0.6 is 11.6 Å². The summed E-state index contributed by atoms with van der Waals surface area (Å²) in [5.41, 5.74) is 2.77. The number of halogens is 1. The first kappa shape index (κ1) is 23.2. The first-order valence-corrected chi connectivity index (χ1v) is 12.0. The number of rotatable bonds is 10. The van der Waals surface area contributed by atoms with E-state index in [-0.39, 0.29) is 24.8 Å². The van der Waals surface area contributed by atoms with E-state index in [1.54, 1.807) is 0 Å². The second kappa shape index (κ2) is 10.6. The van der Waals surface area contributed by atoms with E-state index in [4.69, 9.17) is 11.6 Å². The van der Waals surface area contributed by atoms with Gasteiger partial charge < -0.3 is 5.32 Å². The lowest BCUT2D eigenvalue weighted by molar-refractivity contribution is -0.121. The normalized spacial score (nSPS) is 11.5. The predicted octanol–water partition coefficient (Wildman–Crippen LogP) is 4.37. The molecule has 7 heteroatoms. The highest BCUT2D eigenvalue weighted by molar-refractivity contribution is 7.92. The quantitative estimate of drug-likeness (QED) is 0.601. The van der Waals surface area contributed by atoms with Gasteiger partial charge in [0.15, 0.2) is 0 Å². The van der Waals surface area contributed by atoms with Gasteiger partial charge in [-0.15, -0.1) is 0 Å². The number of carbonyl (C=O) groups is 1. The maximum Gasteiger partial charge on any atom is 0.232 e. The Kier molecular flexibility index (Phi) is 8.53. The first-order valence-electron chi connectivity index (χ1n) is 9.76. The summed E-state index contributed by atoms with van der Waals surface area (Å²) in [6, 6.07) is 15.0. The van der Waals surface area contributed by atoms with E-state index < -0.39 is 10.0 Å². The number of anilines is 1. The predicted molar refractivity (Wildman–Crippen MR) is 120 cm³/mol. The molecule has 2 aromatic carbocycles. The topological polar surface area (TPSA) is 66.5 Å². The smallest absolute Gasteiger partial charge is 0.232 e. The number of benzene rings is 2. The summed E-state index contributed by atoms with van der Waals surface area (Å²) in [6.07, 6.45) is 2.65. The summed E-state index contributed by atoms with van der Waals surface area (Å²) in [5, 5.41) is 3.58. The maximum atomic E-state index is 12.4. The number of para-hydroxylation sites is 1. The Morgan fingerprint density at radius 1 is 1.10 bits per heavy atom. The molecule has 2 rings (SSSR count). The molecule has 0 atom stereocenters. The lowest BCUT2D eigenvalue weighted by Gasteiger charge is -2.26. The molecule has 2 aromatic rings. The van der Waals surface area contributed by atoms with Gasteiger partial charge in [0.2, 0.25) is 15.9 Å². The summed E-state index contributed by atoms with van der Waals surface area (Å²) in [7, 11) is -3.44. The van der Waals surface area contributed by atoms with Gasteiger partial charge in [0.05, 0.1) is 11.9 Å². The minimum absolute atomic E-state index is 0.0791. The largest absolute Gasteiger partial charge is 0.356 e. The number of carbonyl (C=O) groups excluding carboxylic acids is 1. The van der Waals surface area contributed by atoms with Gasteiger partial charge in [0, 0.05) is 24.5 Å². The van der Waals surface area contributed by atoms with Gasteiger partial charge in [-0.2, -0.15) is 0 Å². The zero-order valence-electron chi connectivity index (χ0n) is 17.2. The van der Waals surface area contributed by atoms with Crippen LogP contribution in [0.1, 0.15) is 43.7 Å². The molecule has 158 valence electrons. The molecule has 0 aliphatic carbocycles. The van der Waals surface area contributed by atoms with Gasteiger partial charge in [0.25, 0.3) is 0 Å². The average molecular weight is 437 g/mol. The minimum atomic E-state index is -3.44. The molecule has 0 unspecified atom stereocenters. The fourth-order valence-electron chi connectivity index (χ4n) is 3.14. The second-order valence-electron chi connectivity index (χ2n) is 7.38. The Morgan fingerprint density at radius 2 is 1.76 bits per heavy atom. The zero-order chi connectivity index (χ0) is 21.4. The van der Waals surface area contributed by atoms with E-state index in [1.807, 2.05) is 62.4 Å². The molecule has 1 amide bonds. The van der Waals surface area contributed by atoms with E-state index in [0.29, 0.717) is 23.7 Å². The molecule has 5 nitrogen and oxygen atoms in total. The van der Waals surface area contributed by atoms with Gasteiger partial charge in [0.1, 0.15) is 0 Å². The number of nitrogens with one attached hydrogen (secondary N) is 1. The third-order valence-electron chi connectivity index (χ3n) is 4.64. The van der Waals surface area contributed by atoms with Crippen molar-refractivity contribution in [1.82, 2.24) is 5.32 Å². The van der Waals surface area contributed by atoms with Gasteiger partial charge in [-0.25, -0.2) is 8.42 Å². The van der Waals surface area contributed by atoms with Crippen molar-refractivity contribution in [3.63, 3.8) is 0 Å². The van der Waals surface area contributed by atoms with Crippen molar-refractivity contribution in [1.29, 1.82) is 0 Å². The second-order valence-corrected chi connectivity index (χ2v) is 9.72. The Morgan fingerprint density at radius 3 is 2.38 bits per heavy atom. The summed E-state index contributed by atoms with van der Waals surface area (Å²) >= 11 is 5.87. The van der Waals surface area contributed by atoms with Gasteiger partial charge in [-0.3, -0.25) is 9.10 Å². The molecule has 0 aliphatic rings. The summed E-state index contributed by atoms with van der Waals surface area (Å²) in [6.45, 7) is 4.88. The Hall–Kier alpha value is -2.05. The van der Waals surface area contributed by atoms with Crippen LogP contribution in [0, 0.1) is 0 Å².